The fourth-order valence-electron chi connectivity index (χ4n) is 1.97. The molecule has 0 aliphatic carbocycles. The summed E-state index contributed by atoms with van der Waals surface area (Å²) in [6, 6.07) is 7.21. The number of anilines is 1. The van der Waals surface area contributed by atoms with Gasteiger partial charge in [-0.15, -0.1) is 0 Å². The molecule has 6 heteroatoms. The molecule has 0 atom stereocenters. The van der Waals surface area contributed by atoms with Crippen molar-refractivity contribution in [2.24, 2.45) is 5.73 Å². The molecule has 0 aliphatic heterocycles. The van der Waals surface area contributed by atoms with E-state index in [0.29, 0.717) is 23.6 Å². The molecule has 0 radical (unpaired) electrons. The van der Waals surface area contributed by atoms with Crippen molar-refractivity contribution in [3.63, 3.8) is 0 Å². The highest BCUT2D eigenvalue weighted by Gasteiger charge is 2.07. The largest absolute Gasteiger partial charge is 0.389 e. The molecule has 0 saturated carbocycles. The molecule has 1 amide bonds. The van der Waals surface area contributed by atoms with E-state index in [1.165, 1.54) is 0 Å². The first-order valence-corrected chi connectivity index (χ1v) is 7.06. The smallest absolute Gasteiger partial charge is 0.226 e. The molecule has 5 nitrogen and oxygen atoms in total. The minimum absolute atomic E-state index is 0.0548. The van der Waals surface area contributed by atoms with Crippen molar-refractivity contribution in [3.05, 3.63) is 47.5 Å². The van der Waals surface area contributed by atoms with Gasteiger partial charge >= 0.3 is 0 Å². The molecule has 0 aliphatic rings. The van der Waals surface area contributed by atoms with Crippen molar-refractivity contribution in [2.75, 3.05) is 5.32 Å². The second-order valence-corrected chi connectivity index (χ2v) is 5.29. The number of aromatic nitrogens is 2. The van der Waals surface area contributed by atoms with Crippen molar-refractivity contribution in [3.8, 4) is 0 Å². The molecule has 110 valence electrons. The van der Waals surface area contributed by atoms with Gasteiger partial charge < -0.3 is 15.6 Å². The van der Waals surface area contributed by atoms with Crippen LogP contribution in [0.4, 0.5) is 5.69 Å². The Kier molecular flexibility index (Phi) is 4.70. The molecule has 3 N–H and O–H groups in total. The average molecular weight is 302 g/mol. The lowest BCUT2D eigenvalue weighted by Gasteiger charge is -2.08. The van der Waals surface area contributed by atoms with Gasteiger partial charge in [-0.1, -0.05) is 24.4 Å². The van der Waals surface area contributed by atoms with E-state index in [1.54, 1.807) is 12.4 Å². The van der Waals surface area contributed by atoms with Crippen LogP contribution in [0.1, 0.15) is 23.4 Å². The first-order valence-electron chi connectivity index (χ1n) is 6.65. The summed E-state index contributed by atoms with van der Waals surface area (Å²) in [5.74, 6) is -0.0548. The lowest BCUT2D eigenvalue weighted by Crippen LogP contribution is -2.15. The zero-order valence-corrected chi connectivity index (χ0v) is 12.9. The lowest BCUT2D eigenvalue weighted by molar-refractivity contribution is -0.116. The molecule has 0 saturated heterocycles. The molecule has 1 aromatic heterocycles. The fraction of sp³-hybridized carbons (Fsp3) is 0.267. The van der Waals surface area contributed by atoms with E-state index in [9.17, 15) is 4.79 Å². The number of thiocarbonyl (C=S) groups is 1. The fourth-order valence-corrected chi connectivity index (χ4v) is 2.09. The molecule has 2 aromatic rings. The van der Waals surface area contributed by atoms with Crippen molar-refractivity contribution in [2.45, 2.75) is 26.8 Å². The van der Waals surface area contributed by atoms with Crippen LogP contribution in [-0.4, -0.2) is 20.4 Å². The van der Waals surface area contributed by atoms with Gasteiger partial charge in [-0.3, -0.25) is 4.79 Å². The maximum absolute atomic E-state index is 12.0. The zero-order valence-electron chi connectivity index (χ0n) is 12.1. The molecule has 0 spiro atoms. The minimum atomic E-state index is -0.0548. The maximum atomic E-state index is 12.0. The van der Waals surface area contributed by atoms with Crippen LogP contribution in [0.25, 0.3) is 0 Å². The van der Waals surface area contributed by atoms with Gasteiger partial charge in [0, 0.05) is 29.9 Å². The highest BCUT2D eigenvalue weighted by molar-refractivity contribution is 7.80. The maximum Gasteiger partial charge on any atom is 0.226 e. The number of nitrogens with one attached hydrogen (secondary N) is 1. The summed E-state index contributed by atoms with van der Waals surface area (Å²) in [5, 5.41) is 2.85. The van der Waals surface area contributed by atoms with Gasteiger partial charge in [-0.2, -0.15) is 0 Å². The Morgan fingerprint density at radius 3 is 2.81 bits per heavy atom. The topological polar surface area (TPSA) is 72.9 Å². The SMILES string of the molecule is Cc1ncn(CCC(=O)Nc2cccc(C(N)=S)c2)c1C. The summed E-state index contributed by atoms with van der Waals surface area (Å²) in [4.78, 5) is 16.5. The Bertz CT molecular complexity index is 678. The van der Waals surface area contributed by atoms with Gasteiger partial charge in [0.15, 0.2) is 0 Å². The van der Waals surface area contributed by atoms with Crippen molar-refractivity contribution < 1.29 is 4.79 Å². The van der Waals surface area contributed by atoms with Crippen LogP contribution < -0.4 is 11.1 Å². The van der Waals surface area contributed by atoms with Crippen LogP contribution in [0.15, 0.2) is 30.6 Å². The first kappa shape index (κ1) is 15.2. The number of hydrogen-bond acceptors (Lipinski definition) is 3. The van der Waals surface area contributed by atoms with Crippen LogP contribution in [0.5, 0.6) is 0 Å². The summed E-state index contributed by atoms with van der Waals surface area (Å²) in [7, 11) is 0. The standard InChI is InChI=1S/C15H18N4OS/c1-10-11(2)19(9-17-10)7-6-14(20)18-13-5-3-4-12(8-13)15(16)21/h3-5,8-9H,6-7H2,1-2H3,(H2,16,21)(H,18,20). The number of carbonyl (C=O) groups is 1. The number of rotatable bonds is 5. The van der Waals surface area contributed by atoms with E-state index in [4.69, 9.17) is 18.0 Å². The number of benzene rings is 1. The Balaban J connectivity index is 1.94. The van der Waals surface area contributed by atoms with E-state index in [2.05, 4.69) is 10.3 Å². The van der Waals surface area contributed by atoms with Gasteiger partial charge in [-0.25, -0.2) is 4.98 Å². The molecule has 0 unspecified atom stereocenters. The van der Waals surface area contributed by atoms with Crippen molar-refractivity contribution in [1.82, 2.24) is 9.55 Å². The zero-order chi connectivity index (χ0) is 15.4. The number of nitrogens with two attached hydrogens (primary N) is 1. The van der Waals surface area contributed by atoms with Crippen LogP contribution in [0, 0.1) is 13.8 Å². The highest BCUT2D eigenvalue weighted by atomic mass is 32.1. The average Bonchev–Trinajstić information content (AvgIpc) is 2.77. The molecule has 0 fully saturated rings. The van der Waals surface area contributed by atoms with E-state index in [0.717, 1.165) is 17.0 Å². The summed E-state index contributed by atoms with van der Waals surface area (Å²) in [6.45, 7) is 4.55. The minimum Gasteiger partial charge on any atom is -0.389 e. The highest BCUT2D eigenvalue weighted by Crippen LogP contribution is 2.11. The normalized spacial score (nSPS) is 10.4. The molecule has 1 heterocycles. The Morgan fingerprint density at radius 1 is 1.43 bits per heavy atom. The lowest BCUT2D eigenvalue weighted by atomic mass is 10.2. The van der Waals surface area contributed by atoms with Gasteiger partial charge in [0.1, 0.15) is 4.99 Å². The van der Waals surface area contributed by atoms with Crippen molar-refractivity contribution in [1.29, 1.82) is 0 Å². The summed E-state index contributed by atoms with van der Waals surface area (Å²) in [6.07, 6.45) is 2.14. The first-order chi connectivity index (χ1) is 9.97. The second kappa shape index (κ2) is 6.49. The number of nitrogens with zero attached hydrogens (tertiary/aromatic N) is 2. The van der Waals surface area contributed by atoms with Crippen LogP contribution in [0.2, 0.25) is 0 Å². The molecule has 1 aromatic carbocycles. The quantitative estimate of drug-likeness (QED) is 0.830. The third-order valence-electron chi connectivity index (χ3n) is 3.36. The molecular weight excluding hydrogens is 284 g/mol. The van der Waals surface area contributed by atoms with Crippen LogP contribution in [0.3, 0.4) is 0 Å². The van der Waals surface area contributed by atoms with Gasteiger partial charge in [0.2, 0.25) is 5.91 Å². The summed E-state index contributed by atoms with van der Waals surface area (Å²) in [5.41, 5.74) is 9.08. The molecule has 21 heavy (non-hydrogen) atoms. The third-order valence-corrected chi connectivity index (χ3v) is 3.59. The predicted molar refractivity (Wildman–Crippen MR) is 87.3 cm³/mol. The number of imidazole rings is 1. The number of aryl methyl sites for hydroxylation is 2. The van der Waals surface area contributed by atoms with Gasteiger partial charge in [0.05, 0.1) is 12.0 Å². The van der Waals surface area contributed by atoms with Crippen molar-refractivity contribution >= 4 is 28.8 Å². The molecular formula is C15H18N4OS. The second-order valence-electron chi connectivity index (χ2n) is 4.85. The van der Waals surface area contributed by atoms with E-state index in [-0.39, 0.29) is 5.91 Å². The Labute approximate surface area is 129 Å². The Morgan fingerprint density at radius 2 is 2.19 bits per heavy atom. The predicted octanol–water partition coefficient (Wildman–Crippen LogP) is 2.16. The molecule has 2 rings (SSSR count). The van der Waals surface area contributed by atoms with Crippen LogP contribution in [-0.2, 0) is 11.3 Å². The number of hydrogen-bond donors (Lipinski definition) is 2. The Hall–Kier alpha value is -2.21. The number of amides is 1. The van der Waals surface area contributed by atoms with E-state index < -0.39 is 0 Å². The summed E-state index contributed by atoms with van der Waals surface area (Å²) >= 11 is 4.92. The van der Waals surface area contributed by atoms with E-state index in [1.807, 2.05) is 36.6 Å². The van der Waals surface area contributed by atoms with E-state index >= 15 is 0 Å². The number of carbonyl (C=O) groups excluding carboxylic acids is 1. The van der Waals surface area contributed by atoms with Gasteiger partial charge in [0.25, 0.3) is 0 Å². The molecule has 0 bridgehead atoms. The van der Waals surface area contributed by atoms with Crippen LogP contribution >= 0.6 is 12.2 Å². The summed E-state index contributed by atoms with van der Waals surface area (Å²) < 4.78 is 1.97. The third kappa shape index (κ3) is 3.88. The monoisotopic (exact) mass is 302 g/mol. The van der Waals surface area contributed by atoms with Gasteiger partial charge in [-0.05, 0) is 26.0 Å².